The van der Waals surface area contributed by atoms with E-state index in [2.05, 4.69) is 28.8 Å². The molecule has 2 N–H and O–H groups in total. The van der Waals surface area contributed by atoms with Crippen LogP contribution < -0.4 is 10.6 Å². The molecule has 0 saturated heterocycles. The van der Waals surface area contributed by atoms with E-state index < -0.39 is 0 Å². The Kier molecular flexibility index (Phi) is 5.21. The Morgan fingerprint density at radius 3 is 3.00 bits per heavy atom. The summed E-state index contributed by atoms with van der Waals surface area (Å²) >= 11 is 1.47. The van der Waals surface area contributed by atoms with Crippen molar-refractivity contribution in [3.63, 3.8) is 0 Å². The SMILES string of the molecule is O=C(NCCCNC1COCc2ccccc21)c1cccs1. The molecule has 1 aliphatic heterocycles. The number of carbonyl (C=O) groups is 1. The van der Waals surface area contributed by atoms with E-state index in [1.165, 1.54) is 22.5 Å². The third-order valence-corrected chi connectivity index (χ3v) is 4.62. The minimum atomic E-state index is 0.0151. The van der Waals surface area contributed by atoms with Gasteiger partial charge in [0.15, 0.2) is 0 Å². The van der Waals surface area contributed by atoms with E-state index in [1.54, 1.807) is 0 Å². The largest absolute Gasteiger partial charge is 0.375 e. The molecule has 0 spiro atoms. The minimum absolute atomic E-state index is 0.0151. The van der Waals surface area contributed by atoms with E-state index in [4.69, 9.17) is 4.74 Å². The van der Waals surface area contributed by atoms with Crippen molar-refractivity contribution in [2.24, 2.45) is 0 Å². The van der Waals surface area contributed by atoms with Crippen LogP contribution in [0.2, 0.25) is 0 Å². The zero-order chi connectivity index (χ0) is 15.2. The molecule has 0 fully saturated rings. The molecule has 3 rings (SSSR count). The van der Waals surface area contributed by atoms with Gasteiger partial charge in [0, 0.05) is 6.54 Å². The topological polar surface area (TPSA) is 50.4 Å². The molecule has 2 heterocycles. The van der Waals surface area contributed by atoms with Gasteiger partial charge in [-0.2, -0.15) is 0 Å². The number of carbonyl (C=O) groups excluding carboxylic acids is 1. The molecular formula is C17H20N2O2S. The minimum Gasteiger partial charge on any atom is -0.375 e. The highest BCUT2D eigenvalue weighted by Gasteiger charge is 2.19. The van der Waals surface area contributed by atoms with Crippen LogP contribution in [0.25, 0.3) is 0 Å². The summed E-state index contributed by atoms with van der Waals surface area (Å²) in [7, 11) is 0. The quantitative estimate of drug-likeness (QED) is 0.806. The lowest BCUT2D eigenvalue weighted by atomic mass is 9.99. The highest BCUT2D eigenvalue weighted by Crippen LogP contribution is 2.24. The first-order chi connectivity index (χ1) is 10.8. The van der Waals surface area contributed by atoms with Gasteiger partial charge in [-0.25, -0.2) is 0 Å². The number of rotatable bonds is 6. The van der Waals surface area contributed by atoms with E-state index in [0.29, 0.717) is 19.8 Å². The monoisotopic (exact) mass is 316 g/mol. The highest BCUT2D eigenvalue weighted by molar-refractivity contribution is 7.12. The van der Waals surface area contributed by atoms with Gasteiger partial charge >= 0.3 is 0 Å². The highest BCUT2D eigenvalue weighted by atomic mass is 32.1. The second-order valence-electron chi connectivity index (χ2n) is 5.31. The summed E-state index contributed by atoms with van der Waals surface area (Å²) in [5.74, 6) is 0.0151. The Morgan fingerprint density at radius 1 is 1.23 bits per heavy atom. The van der Waals surface area contributed by atoms with E-state index in [9.17, 15) is 4.79 Å². The lowest BCUT2D eigenvalue weighted by molar-refractivity contribution is 0.0820. The van der Waals surface area contributed by atoms with Crippen LogP contribution in [-0.2, 0) is 11.3 Å². The predicted molar refractivity (Wildman–Crippen MR) is 88.1 cm³/mol. The second-order valence-corrected chi connectivity index (χ2v) is 6.26. The van der Waals surface area contributed by atoms with Crippen LogP contribution in [0.1, 0.15) is 33.3 Å². The van der Waals surface area contributed by atoms with Crippen molar-refractivity contribution in [1.29, 1.82) is 0 Å². The van der Waals surface area contributed by atoms with Gasteiger partial charge in [-0.15, -0.1) is 11.3 Å². The summed E-state index contributed by atoms with van der Waals surface area (Å²) in [5, 5.41) is 8.37. The smallest absolute Gasteiger partial charge is 0.261 e. The second kappa shape index (κ2) is 7.54. The molecule has 1 aromatic carbocycles. The first kappa shape index (κ1) is 15.2. The maximum absolute atomic E-state index is 11.8. The number of benzene rings is 1. The van der Waals surface area contributed by atoms with Crippen LogP contribution in [0.15, 0.2) is 41.8 Å². The summed E-state index contributed by atoms with van der Waals surface area (Å²) in [4.78, 5) is 12.6. The summed E-state index contributed by atoms with van der Waals surface area (Å²) in [6.07, 6.45) is 0.899. The molecule has 1 unspecified atom stereocenters. The Bertz CT molecular complexity index is 613. The van der Waals surface area contributed by atoms with Gasteiger partial charge in [-0.05, 0) is 35.5 Å². The number of thiophene rings is 1. The summed E-state index contributed by atoms with van der Waals surface area (Å²) in [5.41, 5.74) is 2.59. The van der Waals surface area contributed by atoms with Crippen molar-refractivity contribution in [3.8, 4) is 0 Å². The summed E-state index contributed by atoms with van der Waals surface area (Å²) < 4.78 is 5.62. The zero-order valence-corrected chi connectivity index (χ0v) is 13.2. The van der Waals surface area contributed by atoms with Gasteiger partial charge in [0.2, 0.25) is 0 Å². The molecule has 1 atom stereocenters. The fourth-order valence-corrected chi connectivity index (χ4v) is 3.25. The van der Waals surface area contributed by atoms with Crippen molar-refractivity contribution < 1.29 is 9.53 Å². The first-order valence-corrected chi connectivity index (χ1v) is 8.43. The predicted octanol–water partition coefficient (Wildman–Crippen LogP) is 2.73. The molecule has 5 heteroatoms. The molecule has 22 heavy (non-hydrogen) atoms. The van der Waals surface area contributed by atoms with Gasteiger partial charge in [0.1, 0.15) is 0 Å². The molecule has 0 aliphatic carbocycles. The molecule has 2 aromatic rings. The summed E-state index contributed by atoms with van der Waals surface area (Å²) in [6.45, 7) is 2.94. The van der Waals surface area contributed by atoms with Gasteiger partial charge < -0.3 is 15.4 Å². The molecule has 0 saturated carbocycles. The van der Waals surface area contributed by atoms with Crippen molar-refractivity contribution in [2.45, 2.75) is 19.1 Å². The third-order valence-electron chi connectivity index (χ3n) is 3.75. The standard InChI is InChI=1S/C17H20N2O2S/c20-17(16-7-3-10-22-16)19-9-4-8-18-15-12-21-11-13-5-1-2-6-14(13)15/h1-3,5-7,10,15,18H,4,8-9,11-12H2,(H,19,20). The van der Waals surface area contributed by atoms with E-state index in [0.717, 1.165) is 17.8 Å². The number of hydrogen-bond donors (Lipinski definition) is 2. The van der Waals surface area contributed by atoms with Gasteiger partial charge in [-0.3, -0.25) is 4.79 Å². The van der Waals surface area contributed by atoms with Gasteiger partial charge in [0.25, 0.3) is 5.91 Å². The molecule has 116 valence electrons. The van der Waals surface area contributed by atoms with Crippen LogP contribution in [0, 0.1) is 0 Å². The number of nitrogens with one attached hydrogen (secondary N) is 2. The zero-order valence-electron chi connectivity index (χ0n) is 12.4. The number of hydrogen-bond acceptors (Lipinski definition) is 4. The average Bonchev–Trinajstić information content (AvgIpc) is 3.09. The van der Waals surface area contributed by atoms with Crippen LogP contribution >= 0.6 is 11.3 Å². The third kappa shape index (κ3) is 3.74. The van der Waals surface area contributed by atoms with E-state index in [1.807, 2.05) is 23.6 Å². The van der Waals surface area contributed by atoms with Crippen LogP contribution in [-0.4, -0.2) is 25.6 Å². The van der Waals surface area contributed by atoms with Gasteiger partial charge in [0.05, 0.1) is 24.1 Å². The van der Waals surface area contributed by atoms with Crippen LogP contribution in [0.5, 0.6) is 0 Å². The number of ether oxygens (including phenoxy) is 1. The van der Waals surface area contributed by atoms with Crippen molar-refractivity contribution in [2.75, 3.05) is 19.7 Å². The Labute approximate surface area is 134 Å². The molecule has 1 amide bonds. The fourth-order valence-electron chi connectivity index (χ4n) is 2.61. The molecular weight excluding hydrogens is 296 g/mol. The maximum Gasteiger partial charge on any atom is 0.261 e. The van der Waals surface area contributed by atoms with Crippen molar-refractivity contribution in [3.05, 3.63) is 57.8 Å². The van der Waals surface area contributed by atoms with Crippen molar-refractivity contribution in [1.82, 2.24) is 10.6 Å². The Hall–Kier alpha value is -1.69. The maximum atomic E-state index is 11.8. The lowest BCUT2D eigenvalue weighted by Gasteiger charge is -2.26. The number of amides is 1. The molecule has 0 bridgehead atoms. The Balaban J connectivity index is 1.40. The molecule has 0 radical (unpaired) electrons. The molecule has 1 aromatic heterocycles. The lowest BCUT2D eigenvalue weighted by Crippen LogP contribution is -2.32. The van der Waals surface area contributed by atoms with Crippen LogP contribution in [0.3, 0.4) is 0 Å². The molecule has 4 nitrogen and oxygen atoms in total. The normalized spacial score (nSPS) is 17.0. The summed E-state index contributed by atoms with van der Waals surface area (Å²) in [6, 6.07) is 12.4. The Morgan fingerprint density at radius 2 is 2.14 bits per heavy atom. The van der Waals surface area contributed by atoms with E-state index in [-0.39, 0.29) is 11.9 Å². The van der Waals surface area contributed by atoms with Crippen LogP contribution in [0.4, 0.5) is 0 Å². The fraction of sp³-hybridized carbons (Fsp3) is 0.353. The van der Waals surface area contributed by atoms with Crippen molar-refractivity contribution >= 4 is 17.2 Å². The average molecular weight is 316 g/mol. The first-order valence-electron chi connectivity index (χ1n) is 7.55. The number of fused-ring (bicyclic) bond motifs is 1. The van der Waals surface area contributed by atoms with E-state index >= 15 is 0 Å². The molecule has 1 aliphatic rings. The van der Waals surface area contributed by atoms with Gasteiger partial charge in [-0.1, -0.05) is 30.3 Å².